The van der Waals surface area contributed by atoms with Crippen LogP contribution in [0.5, 0.6) is 0 Å². The molecule has 2 saturated heterocycles. The predicted molar refractivity (Wildman–Crippen MR) is 93.8 cm³/mol. The lowest BCUT2D eigenvalue weighted by atomic mass is 9.96. The van der Waals surface area contributed by atoms with Crippen LogP contribution in [0.15, 0.2) is 41.2 Å². The van der Waals surface area contributed by atoms with Gasteiger partial charge in [-0.3, -0.25) is 9.78 Å². The van der Waals surface area contributed by atoms with Gasteiger partial charge in [0, 0.05) is 31.7 Å². The Morgan fingerprint density at radius 3 is 2.67 bits per heavy atom. The summed E-state index contributed by atoms with van der Waals surface area (Å²) in [5, 5.41) is 0. The van der Waals surface area contributed by atoms with Gasteiger partial charge in [0.1, 0.15) is 5.82 Å². The largest absolute Gasteiger partial charge is 0.378 e. The summed E-state index contributed by atoms with van der Waals surface area (Å²) in [6.07, 6.45) is 2.10. The lowest BCUT2D eigenvalue weighted by Gasteiger charge is -2.42. The maximum Gasteiger partial charge on any atom is 0.254 e. The molecule has 0 amide bonds. The summed E-state index contributed by atoms with van der Waals surface area (Å²) in [6.45, 7) is 3.87. The standard InChI is InChI=1S/C18H22N4O2/c23-17-13-16(21-8-10-24-11-9-21)19-18(20-17)22-7-6-15(22)12-14-4-2-1-3-5-14/h1-5,13,15H,6-12H2,(H,19,20,23)/t15-/m1/s1. The van der Waals surface area contributed by atoms with E-state index in [1.807, 2.05) is 6.07 Å². The summed E-state index contributed by atoms with van der Waals surface area (Å²) in [4.78, 5) is 24.0. The fourth-order valence-corrected chi connectivity index (χ4v) is 3.34. The van der Waals surface area contributed by atoms with Crippen molar-refractivity contribution in [1.82, 2.24) is 9.97 Å². The summed E-state index contributed by atoms with van der Waals surface area (Å²) in [7, 11) is 0. The van der Waals surface area contributed by atoms with Crippen molar-refractivity contribution in [3.63, 3.8) is 0 Å². The van der Waals surface area contributed by atoms with E-state index in [2.05, 4.69) is 39.0 Å². The molecule has 0 radical (unpaired) electrons. The number of benzene rings is 1. The molecule has 1 aromatic heterocycles. The predicted octanol–water partition coefficient (Wildman–Crippen LogP) is 1.43. The maximum atomic E-state index is 12.1. The molecule has 2 aromatic rings. The van der Waals surface area contributed by atoms with Crippen molar-refractivity contribution in [3.8, 4) is 0 Å². The maximum absolute atomic E-state index is 12.1. The third kappa shape index (κ3) is 3.14. The van der Waals surface area contributed by atoms with E-state index in [1.54, 1.807) is 6.07 Å². The van der Waals surface area contributed by atoms with Gasteiger partial charge in [0.15, 0.2) is 0 Å². The molecule has 24 heavy (non-hydrogen) atoms. The van der Waals surface area contributed by atoms with Crippen LogP contribution in [0.3, 0.4) is 0 Å². The number of ether oxygens (including phenoxy) is 1. The van der Waals surface area contributed by atoms with Crippen LogP contribution in [0, 0.1) is 0 Å². The number of H-pyrrole nitrogens is 1. The number of aromatic nitrogens is 2. The van der Waals surface area contributed by atoms with Crippen LogP contribution in [0.4, 0.5) is 11.8 Å². The molecule has 2 aliphatic heterocycles. The average Bonchev–Trinajstić information content (AvgIpc) is 2.60. The lowest BCUT2D eigenvalue weighted by molar-refractivity contribution is 0.122. The Bertz CT molecular complexity index is 740. The van der Waals surface area contributed by atoms with Gasteiger partial charge in [0.25, 0.3) is 5.56 Å². The molecule has 1 aromatic carbocycles. The van der Waals surface area contributed by atoms with E-state index < -0.39 is 0 Å². The number of rotatable bonds is 4. The second kappa shape index (κ2) is 6.65. The molecule has 1 atom stereocenters. The summed E-state index contributed by atoms with van der Waals surface area (Å²) in [5.41, 5.74) is 1.23. The van der Waals surface area contributed by atoms with Crippen LogP contribution in [0.2, 0.25) is 0 Å². The summed E-state index contributed by atoms with van der Waals surface area (Å²) >= 11 is 0. The van der Waals surface area contributed by atoms with Crippen LogP contribution < -0.4 is 15.4 Å². The first-order chi connectivity index (χ1) is 11.8. The van der Waals surface area contributed by atoms with Crippen molar-refractivity contribution in [2.24, 2.45) is 0 Å². The number of nitrogens with zero attached hydrogens (tertiary/aromatic N) is 3. The van der Waals surface area contributed by atoms with Crippen LogP contribution in [0.25, 0.3) is 0 Å². The number of aromatic amines is 1. The van der Waals surface area contributed by atoms with Crippen molar-refractivity contribution in [2.75, 3.05) is 42.6 Å². The minimum absolute atomic E-state index is 0.0909. The van der Waals surface area contributed by atoms with Gasteiger partial charge in [0.05, 0.1) is 13.2 Å². The Kier molecular flexibility index (Phi) is 4.21. The Hall–Kier alpha value is -2.34. The van der Waals surface area contributed by atoms with Crippen molar-refractivity contribution >= 4 is 11.8 Å². The molecule has 1 N–H and O–H groups in total. The Morgan fingerprint density at radius 2 is 1.96 bits per heavy atom. The van der Waals surface area contributed by atoms with Crippen molar-refractivity contribution < 1.29 is 4.74 Å². The zero-order valence-corrected chi connectivity index (χ0v) is 13.6. The highest BCUT2D eigenvalue weighted by Crippen LogP contribution is 2.26. The first-order valence-electron chi connectivity index (χ1n) is 8.54. The zero-order valence-electron chi connectivity index (χ0n) is 13.6. The fraction of sp³-hybridized carbons (Fsp3) is 0.444. The van der Waals surface area contributed by atoms with E-state index in [1.165, 1.54) is 5.56 Å². The van der Waals surface area contributed by atoms with Crippen molar-refractivity contribution in [2.45, 2.75) is 18.9 Å². The van der Waals surface area contributed by atoms with Crippen LogP contribution >= 0.6 is 0 Å². The molecule has 6 nitrogen and oxygen atoms in total. The molecule has 0 bridgehead atoms. The number of hydrogen-bond donors (Lipinski definition) is 1. The molecular formula is C18H22N4O2. The Labute approximate surface area is 141 Å². The first-order valence-corrected chi connectivity index (χ1v) is 8.54. The smallest absolute Gasteiger partial charge is 0.254 e. The van der Waals surface area contributed by atoms with Crippen molar-refractivity contribution in [3.05, 3.63) is 52.3 Å². The molecule has 3 heterocycles. The summed E-state index contributed by atoms with van der Waals surface area (Å²) in [6, 6.07) is 12.5. The second-order valence-electron chi connectivity index (χ2n) is 6.35. The Morgan fingerprint density at radius 1 is 1.17 bits per heavy atom. The van der Waals surface area contributed by atoms with Gasteiger partial charge < -0.3 is 14.5 Å². The molecule has 0 saturated carbocycles. The molecule has 126 valence electrons. The minimum atomic E-state index is -0.0909. The summed E-state index contributed by atoms with van der Waals surface area (Å²) in [5.74, 6) is 1.44. The molecule has 0 aliphatic carbocycles. The number of nitrogens with one attached hydrogen (secondary N) is 1. The van der Waals surface area contributed by atoms with Gasteiger partial charge in [-0.15, -0.1) is 0 Å². The van der Waals surface area contributed by atoms with Gasteiger partial charge in [0.2, 0.25) is 5.95 Å². The van der Waals surface area contributed by atoms with E-state index >= 15 is 0 Å². The highest BCUT2D eigenvalue weighted by molar-refractivity contribution is 5.46. The first kappa shape index (κ1) is 15.2. The fourth-order valence-electron chi connectivity index (χ4n) is 3.34. The normalized spacial score (nSPS) is 20.8. The number of morpholine rings is 1. The van der Waals surface area contributed by atoms with Crippen molar-refractivity contribution in [1.29, 1.82) is 0 Å². The third-order valence-corrected chi connectivity index (χ3v) is 4.78. The minimum Gasteiger partial charge on any atom is -0.378 e. The third-order valence-electron chi connectivity index (χ3n) is 4.78. The monoisotopic (exact) mass is 326 g/mol. The van der Waals surface area contributed by atoms with E-state index in [0.717, 1.165) is 38.3 Å². The van der Waals surface area contributed by atoms with E-state index in [4.69, 9.17) is 9.72 Å². The summed E-state index contributed by atoms with van der Waals surface area (Å²) < 4.78 is 5.38. The average molecular weight is 326 g/mol. The van der Waals surface area contributed by atoms with E-state index in [0.29, 0.717) is 25.2 Å². The SMILES string of the molecule is O=c1cc(N2CCOCC2)nc(N2CC[C@@H]2Cc2ccccc2)[nH]1. The molecule has 2 fully saturated rings. The second-order valence-corrected chi connectivity index (χ2v) is 6.35. The molecule has 4 rings (SSSR count). The van der Waals surface area contributed by atoms with Gasteiger partial charge in [-0.05, 0) is 18.4 Å². The van der Waals surface area contributed by atoms with Gasteiger partial charge in [-0.2, -0.15) is 4.98 Å². The molecule has 6 heteroatoms. The highest BCUT2D eigenvalue weighted by atomic mass is 16.5. The van der Waals surface area contributed by atoms with E-state index in [-0.39, 0.29) is 5.56 Å². The van der Waals surface area contributed by atoms with Crippen LogP contribution in [-0.2, 0) is 11.2 Å². The van der Waals surface area contributed by atoms with E-state index in [9.17, 15) is 4.79 Å². The van der Waals surface area contributed by atoms with Crippen LogP contribution in [0.1, 0.15) is 12.0 Å². The van der Waals surface area contributed by atoms with Gasteiger partial charge >= 0.3 is 0 Å². The number of anilines is 2. The lowest BCUT2D eigenvalue weighted by Crippen LogP contribution is -2.50. The van der Waals surface area contributed by atoms with Gasteiger partial charge in [-0.1, -0.05) is 30.3 Å². The molecule has 0 spiro atoms. The molecule has 0 unspecified atom stereocenters. The Balaban J connectivity index is 1.53. The quantitative estimate of drug-likeness (QED) is 0.921. The highest BCUT2D eigenvalue weighted by Gasteiger charge is 2.30. The molecular weight excluding hydrogens is 304 g/mol. The number of hydrogen-bond acceptors (Lipinski definition) is 5. The van der Waals surface area contributed by atoms with Gasteiger partial charge in [-0.25, -0.2) is 0 Å². The van der Waals surface area contributed by atoms with Crippen LogP contribution in [-0.4, -0.2) is 48.9 Å². The topological polar surface area (TPSA) is 61.5 Å². The molecule has 2 aliphatic rings. The zero-order chi connectivity index (χ0) is 16.4.